The van der Waals surface area contributed by atoms with Crippen LogP contribution in [0, 0.1) is 0 Å². The molecule has 98 valence electrons. The standard InChI is InChI=1S/C13H24N2O2/c1-3-14-13(9-12(16)17-4-2)7-8-15(10-13)11-5-6-11/h11,14H,3-10H2,1-2H3. The molecule has 1 unspecified atom stereocenters. The van der Waals surface area contributed by atoms with Gasteiger partial charge >= 0.3 is 5.97 Å². The average Bonchev–Trinajstić information content (AvgIpc) is 3.04. The maximum Gasteiger partial charge on any atom is 0.307 e. The molecule has 1 heterocycles. The number of carbonyl (C=O) groups is 1. The summed E-state index contributed by atoms with van der Waals surface area (Å²) in [7, 11) is 0. The van der Waals surface area contributed by atoms with Gasteiger partial charge in [-0.3, -0.25) is 9.69 Å². The summed E-state index contributed by atoms with van der Waals surface area (Å²) < 4.78 is 5.09. The maximum atomic E-state index is 11.7. The van der Waals surface area contributed by atoms with Crippen LogP contribution in [0.2, 0.25) is 0 Å². The summed E-state index contributed by atoms with van der Waals surface area (Å²) in [5, 5.41) is 3.52. The van der Waals surface area contributed by atoms with Gasteiger partial charge in [-0.25, -0.2) is 0 Å². The Morgan fingerprint density at radius 2 is 2.24 bits per heavy atom. The van der Waals surface area contributed by atoms with Crippen molar-refractivity contribution in [2.24, 2.45) is 0 Å². The number of hydrogen-bond donors (Lipinski definition) is 1. The molecule has 0 aromatic rings. The van der Waals surface area contributed by atoms with Crippen LogP contribution in [0.25, 0.3) is 0 Å². The molecule has 0 aromatic carbocycles. The summed E-state index contributed by atoms with van der Waals surface area (Å²) in [4.78, 5) is 14.2. The van der Waals surface area contributed by atoms with Crippen LogP contribution >= 0.6 is 0 Å². The molecule has 2 rings (SSSR count). The van der Waals surface area contributed by atoms with E-state index in [9.17, 15) is 4.79 Å². The second kappa shape index (κ2) is 5.36. The summed E-state index contributed by atoms with van der Waals surface area (Å²) in [6, 6.07) is 0.790. The largest absolute Gasteiger partial charge is 0.466 e. The number of nitrogens with one attached hydrogen (secondary N) is 1. The van der Waals surface area contributed by atoms with Gasteiger partial charge < -0.3 is 10.1 Å². The Morgan fingerprint density at radius 1 is 1.47 bits per heavy atom. The minimum absolute atomic E-state index is 0.0381. The summed E-state index contributed by atoms with van der Waals surface area (Å²) >= 11 is 0. The minimum Gasteiger partial charge on any atom is -0.466 e. The Hall–Kier alpha value is -0.610. The molecule has 1 saturated heterocycles. The smallest absolute Gasteiger partial charge is 0.307 e. The monoisotopic (exact) mass is 240 g/mol. The normalized spacial score (nSPS) is 29.5. The van der Waals surface area contributed by atoms with E-state index in [0.29, 0.717) is 13.0 Å². The van der Waals surface area contributed by atoms with Crippen LogP contribution in [0.5, 0.6) is 0 Å². The van der Waals surface area contributed by atoms with Gasteiger partial charge in [-0.1, -0.05) is 6.92 Å². The van der Waals surface area contributed by atoms with Crippen molar-refractivity contribution in [1.29, 1.82) is 0 Å². The lowest BCUT2D eigenvalue weighted by molar-refractivity contribution is -0.144. The summed E-state index contributed by atoms with van der Waals surface area (Å²) in [6.45, 7) is 7.49. The van der Waals surface area contributed by atoms with Gasteiger partial charge in [0.25, 0.3) is 0 Å². The van der Waals surface area contributed by atoms with Gasteiger partial charge in [0.2, 0.25) is 0 Å². The van der Waals surface area contributed by atoms with E-state index in [4.69, 9.17) is 4.74 Å². The third-order valence-corrected chi connectivity index (χ3v) is 3.79. The topological polar surface area (TPSA) is 41.6 Å². The first-order valence-corrected chi connectivity index (χ1v) is 6.84. The van der Waals surface area contributed by atoms with E-state index in [1.807, 2.05) is 6.92 Å². The van der Waals surface area contributed by atoms with Crippen molar-refractivity contribution in [1.82, 2.24) is 10.2 Å². The van der Waals surface area contributed by atoms with Crippen molar-refractivity contribution in [3.63, 3.8) is 0 Å². The highest BCUT2D eigenvalue weighted by Crippen LogP contribution is 2.34. The van der Waals surface area contributed by atoms with Crippen molar-refractivity contribution in [2.45, 2.75) is 51.1 Å². The minimum atomic E-state index is -0.0638. The molecule has 17 heavy (non-hydrogen) atoms. The number of likely N-dealkylation sites (N-methyl/N-ethyl adjacent to an activating group) is 1. The number of nitrogens with zero attached hydrogens (tertiary/aromatic N) is 1. The lowest BCUT2D eigenvalue weighted by Crippen LogP contribution is -2.49. The second-order valence-electron chi connectivity index (χ2n) is 5.24. The summed E-state index contributed by atoms with van der Waals surface area (Å²) in [5.41, 5.74) is -0.0381. The number of ether oxygens (including phenoxy) is 1. The van der Waals surface area contributed by atoms with Gasteiger partial charge in [-0.05, 0) is 32.7 Å². The molecule has 0 radical (unpaired) electrons. The number of esters is 1. The van der Waals surface area contributed by atoms with Crippen LogP contribution in [0.1, 0.15) is 39.5 Å². The molecule has 1 N–H and O–H groups in total. The van der Waals surface area contributed by atoms with Gasteiger partial charge in [-0.2, -0.15) is 0 Å². The molecule has 1 aliphatic carbocycles. The van der Waals surface area contributed by atoms with E-state index in [1.165, 1.54) is 12.8 Å². The van der Waals surface area contributed by atoms with Gasteiger partial charge in [0.05, 0.1) is 13.0 Å². The van der Waals surface area contributed by atoms with Crippen molar-refractivity contribution in [2.75, 3.05) is 26.2 Å². The van der Waals surface area contributed by atoms with Crippen LogP contribution in [-0.2, 0) is 9.53 Å². The molecule has 2 fully saturated rings. The van der Waals surface area contributed by atoms with E-state index < -0.39 is 0 Å². The van der Waals surface area contributed by atoms with Crippen LogP contribution in [-0.4, -0.2) is 48.7 Å². The van der Waals surface area contributed by atoms with Gasteiger partial charge in [-0.15, -0.1) is 0 Å². The summed E-state index contributed by atoms with van der Waals surface area (Å²) in [6.07, 6.45) is 4.25. The highest BCUT2D eigenvalue weighted by Gasteiger charge is 2.44. The molecule has 1 saturated carbocycles. The van der Waals surface area contributed by atoms with E-state index in [-0.39, 0.29) is 11.5 Å². The van der Waals surface area contributed by atoms with Crippen LogP contribution in [0.3, 0.4) is 0 Å². The second-order valence-corrected chi connectivity index (χ2v) is 5.24. The first-order valence-electron chi connectivity index (χ1n) is 6.84. The van der Waals surface area contributed by atoms with Gasteiger partial charge in [0, 0.05) is 24.7 Å². The quantitative estimate of drug-likeness (QED) is 0.707. The Morgan fingerprint density at radius 3 is 2.82 bits per heavy atom. The molecular formula is C13H24N2O2. The van der Waals surface area contributed by atoms with Crippen LogP contribution in [0.15, 0.2) is 0 Å². The summed E-state index contributed by atoms with van der Waals surface area (Å²) in [5.74, 6) is -0.0638. The maximum absolute atomic E-state index is 11.7. The molecule has 4 heteroatoms. The first kappa shape index (κ1) is 12.8. The molecule has 1 atom stereocenters. The fourth-order valence-electron chi connectivity index (χ4n) is 2.87. The lowest BCUT2D eigenvalue weighted by Gasteiger charge is -2.29. The van der Waals surface area contributed by atoms with Crippen molar-refractivity contribution in [3.8, 4) is 0 Å². The predicted molar refractivity (Wildman–Crippen MR) is 66.9 cm³/mol. The Kier molecular flexibility index (Phi) is 4.05. The lowest BCUT2D eigenvalue weighted by atomic mass is 9.94. The Labute approximate surface area is 104 Å². The third kappa shape index (κ3) is 3.19. The molecule has 2 aliphatic rings. The van der Waals surface area contributed by atoms with Crippen molar-refractivity contribution in [3.05, 3.63) is 0 Å². The van der Waals surface area contributed by atoms with Crippen molar-refractivity contribution < 1.29 is 9.53 Å². The van der Waals surface area contributed by atoms with E-state index in [1.54, 1.807) is 0 Å². The number of hydrogen-bond acceptors (Lipinski definition) is 4. The highest BCUT2D eigenvalue weighted by atomic mass is 16.5. The molecule has 1 aliphatic heterocycles. The zero-order valence-corrected chi connectivity index (χ0v) is 11.0. The van der Waals surface area contributed by atoms with E-state index >= 15 is 0 Å². The fraction of sp³-hybridized carbons (Fsp3) is 0.923. The molecule has 4 nitrogen and oxygen atoms in total. The predicted octanol–water partition coefficient (Wildman–Crippen LogP) is 1.16. The number of rotatable bonds is 6. The number of carbonyl (C=O) groups excluding carboxylic acids is 1. The number of likely N-dealkylation sites (tertiary alicyclic amines) is 1. The van der Waals surface area contributed by atoms with Gasteiger partial charge in [0.15, 0.2) is 0 Å². The van der Waals surface area contributed by atoms with Crippen LogP contribution in [0.4, 0.5) is 0 Å². The zero-order valence-electron chi connectivity index (χ0n) is 11.0. The van der Waals surface area contributed by atoms with Gasteiger partial charge in [0.1, 0.15) is 0 Å². The Bertz CT molecular complexity index is 279. The Balaban J connectivity index is 1.92. The van der Waals surface area contributed by atoms with E-state index in [2.05, 4.69) is 17.1 Å². The average molecular weight is 240 g/mol. The van der Waals surface area contributed by atoms with E-state index in [0.717, 1.165) is 32.1 Å². The molecular weight excluding hydrogens is 216 g/mol. The fourth-order valence-corrected chi connectivity index (χ4v) is 2.87. The van der Waals surface area contributed by atoms with Crippen LogP contribution < -0.4 is 5.32 Å². The zero-order chi connectivity index (χ0) is 12.3. The molecule has 0 aromatic heterocycles. The first-order chi connectivity index (χ1) is 8.19. The highest BCUT2D eigenvalue weighted by molar-refractivity contribution is 5.71. The molecule has 0 amide bonds. The molecule has 0 bridgehead atoms. The third-order valence-electron chi connectivity index (χ3n) is 3.79. The molecule has 0 spiro atoms. The SMILES string of the molecule is CCNC1(CC(=O)OCC)CCN(C2CC2)C1. The van der Waals surface area contributed by atoms with Crippen molar-refractivity contribution >= 4 is 5.97 Å².